The third-order valence-electron chi connectivity index (χ3n) is 4.90. The quantitative estimate of drug-likeness (QED) is 0.523. The number of rotatable bonds is 5. The molecule has 142 valence electrons. The van der Waals surface area contributed by atoms with E-state index in [2.05, 4.69) is 0 Å². The molecule has 1 aliphatic heterocycles. The summed E-state index contributed by atoms with van der Waals surface area (Å²) in [6, 6.07) is 23.8. The van der Waals surface area contributed by atoms with Gasteiger partial charge in [-0.3, -0.25) is 0 Å². The predicted molar refractivity (Wildman–Crippen MR) is 114 cm³/mol. The Kier molecular flexibility index (Phi) is 5.11. The molecule has 3 atom stereocenters. The van der Waals surface area contributed by atoms with E-state index in [0.29, 0.717) is 9.92 Å². The van der Waals surface area contributed by atoms with Crippen LogP contribution in [0, 0.1) is 6.92 Å². The van der Waals surface area contributed by atoms with Crippen molar-refractivity contribution in [1.29, 1.82) is 0 Å². The fourth-order valence-electron chi connectivity index (χ4n) is 3.34. The summed E-state index contributed by atoms with van der Waals surface area (Å²) in [4.78, 5) is 0.321. The highest BCUT2D eigenvalue weighted by Crippen LogP contribution is 2.48. The van der Waals surface area contributed by atoms with E-state index in [0.717, 1.165) is 16.7 Å². The van der Waals surface area contributed by atoms with Gasteiger partial charge in [-0.15, -0.1) is 0 Å². The summed E-state index contributed by atoms with van der Waals surface area (Å²) in [5, 5.41) is 0.675. The Balaban J connectivity index is 1.67. The SMILES string of the molecule is Cc1ccc(S(=O)(=O)N2C(/C=C/c3ccc(Cl)cc3)[C@H]2c2ccccc2)cc1. The largest absolute Gasteiger partial charge is 0.244 e. The number of hydrogen-bond acceptors (Lipinski definition) is 2. The number of nitrogens with zero attached hydrogens (tertiary/aromatic N) is 1. The minimum Gasteiger partial charge on any atom is -0.207 e. The summed E-state index contributed by atoms with van der Waals surface area (Å²) >= 11 is 5.94. The molecule has 0 radical (unpaired) electrons. The summed E-state index contributed by atoms with van der Waals surface area (Å²) < 4.78 is 28.0. The highest BCUT2D eigenvalue weighted by molar-refractivity contribution is 7.89. The lowest BCUT2D eigenvalue weighted by molar-refractivity contribution is 0.550. The van der Waals surface area contributed by atoms with Crippen molar-refractivity contribution in [3.05, 3.63) is 107 Å². The molecule has 3 aromatic carbocycles. The van der Waals surface area contributed by atoms with E-state index < -0.39 is 10.0 Å². The van der Waals surface area contributed by atoms with Gasteiger partial charge in [0.2, 0.25) is 10.0 Å². The molecule has 3 nitrogen and oxygen atoms in total. The molecular weight excluding hydrogens is 390 g/mol. The average molecular weight is 410 g/mol. The van der Waals surface area contributed by atoms with Gasteiger partial charge in [-0.1, -0.05) is 83.9 Å². The minimum absolute atomic E-state index is 0.198. The van der Waals surface area contributed by atoms with Crippen LogP contribution in [-0.4, -0.2) is 18.8 Å². The lowest BCUT2D eigenvalue weighted by Gasteiger charge is -2.07. The van der Waals surface area contributed by atoms with Crippen LogP contribution in [0.4, 0.5) is 0 Å². The Hall–Kier alpha value is -2.40. The van der Waals surface area contributed by atoms with Crippen LogP contribution in [0.1, 0.15) is 22.7 Å². The molecule has 0 aromatic heterocycles. The topological polar surface area (TPSA) is 37.1 Å². The molecule has 5 heteroatoms. The zero-order valence-corrected chi connectivity index (χ0v) is 16.9. The predicted octanol–water partition coefficient (Wildman–Crippen LogP) is 5.48. The maximum atomic E-state index is 13.2. The van der Waals surface area contributed by atoms with Crippen molar-refractivity contribution in [2.24, 2.45) is 0 Å². The standard InChI is InChI=1S/C23H20ClNO2S/c1-17-7-14-21(15-8-17)28(26,27)25-22(23(25)19-5-3-2-4-6-19)16-11-18-9-12-20(24)13-10-18/h2-16,22-23H,1H3/b16-11+/t22?,23-,25?/m1/s1. The lowest BCUT2D eigenvalue weighted by Crippen LogP contribution is -2.14. The molecule has 0 amide bonds. The first-order valence-corrected chi connectivity index (χ1v) is 10.9. The fourth-order valence-corrected chi connectivity index (χ4v) is 5.18. The van der Waals surface area contributed by atoms with Gasteiger partial charge in [-0.05, 0) is 42.3 Å². The van der Waals surface area contributed by atoms with Gasteiger partial charge in [0.1, 0.15) is 0 Å². The molecule has 0 N–H and O–H groups in total. The van der Waals surface area contributed by atoms with Gasteiger partial charge in [0, 0.05) is 5.02 Å². The molecule has 0 spiro atoms. The van der Waals surface area contributed by atoms with Gasteiger partial charge < -0.3 is 0 Å². The Morgan fingerprint density at radius 2 is 1.54 bits per heavy atom. The lowest BCUT2D eigenvalue weighted by atomic mass is 10.1. The number of benzene rings is 3. The normalized spacial score (nSPS) is 21.7. The first kappa shape index (κ1) is 18.9. The summed E-state index contributed by atoms with van der Waals surface area (Å²) in [7, 11) is -3.58. The molecule has 4 rings (SSSR count). The first-order chi connectivity index (χ1) is 13.5. The Bertz CT molecular complexity index is 1090. The number of halogens is 1. The van der Waals surface area contributed by atoms with Crippen molar-refractivity contribution in [3.63, 3.8) is 0 Å². The molecule has 2 unspecified atom stereocenters. The Morgan fingerprint density at radius 1 is 0.893 bits per heavy atom. The van der Waals surface area contributed by atoms with Crippen LogP contribution in [0.25, 0.3) is 6.08 Å². The zero-order valence-electron chi connectivity index (χ0n) is 15.4. The fraction of sp³-hybridized carbons (Fsp3) is 0.130. The van der Waals surface area contributed by atoms with Crippen LogP contribution < -0.4 is 0 Å². The summed E-state index contributed by atoms with van der Waals surface area (Å²) in [5.74, 6) is 0. The molecular formula is C23H20ClNO2S. The third kappa shape index (κ3) is 3.76. The molecule has 1 fully saturated rings. The van der Waals surface area contributed by atoms with E-state index in [1.807, 2.05) is 85.8 Å². The highest BCUT2D eigenvalue weighted by atomic mass is 35.5. The number of hydrogen-bond donors (Lipinski definition) is 0. The van der Waals surface area contributed by atoms with Crippen molar-refractivity contribution >= 4 is 27.7 Å². The van der Waals surface area contributed by atoms with E-state index in [9.17, 15) is 8.42 Å². The second kappa shape index (κ2) is 7.55. The molecule has 28 heavy (non-hydrogen) atoms. The summed E-state index contributed by atoms with van der Waals surface area (Å²) in [6.07, 6.45) is 3.90. The van der Waals surface area contributed by atoms with Crippen LogP contribution in [0.3, 0.4) is 0 Å². The van der Waals surface area contributed by atoms with Crippen molar-refractivity contribution in [1.82, 2.24) is 4.31 Å². The summed E-state index contributed by atoms with van der Waals surface area (Å²) in [5.41, 5.74) is 3.00. The second-order valence-corrected chi connectivity index (χ2v) is 9.18. The summed E-state index contributed by atoms with van der Waals surface area (Å²) in [6.45, 7) is 1.94. The van der Waals surface area contributed by atoms with E-state index in [1.165, 1.54) is 0 Å². The zero-order chi connectivity index (χ0) is 19.7. The number of aryl methyl sites for hydroxylation is 1. The number of sulfonamides is 1. The van der Waals surface area contributed by atoms with E-state index in [-0.39, 0.29) is 12.1 Å². The maximum Gasteiger partial charge on any atom is 0.244 e. The smallest absolute Gasteiger partial charge is 0.207 e. The average Bonchev–Trinajstić information content (AvgIpc) is 3.44. The first-order valence-electron chi connectivity index (χ1n) is 9.06. The molecule has 1 saturated heterocycles. The molecule has 0 bridgehead atoms. The van der Waals surface area contributed by atoms with Crippen LogP contribution in [0.2, 0.25) is 5.02 Å². The third-order valence-corrected chi connectivity index (χ3v) is 7.04. The monoisotopic (exact) mass is 409 g/mol. The van der Waals surface area contributed by atoms with Crippen molar-refractivity contribution in [2.75, 3.05) is 0 Å². The van der Waals surface area contributed by atoms with Gasteiger partial charge in [0.05, 0.1) is 17.0 Å². The van der Waals surface area contributed by atoms with Crippen molar-refractivity contribution in [3.8, 4) is 0 Å². The molecule has 0 aliphatic carbocycles. The van der Waals surface area contributed by atoms with Crippen LogP contribution in [-0.2, 0) is 10.0 Å². The van der Waals surface area contributed by atoms with Gasteiger partial charge in [-0.2, -0.15) is 4.31 Å². The highest BCUT2D eigenvalue weighted by Gasteiger charge is 2.54. The van der Waals surface area contributed by atoms with Crippen molar-refractivity contribution < 1.29 is 8.42 Å². The van der Waals surface area contributed by atoms with E-state index in [1.54, 1.807) is 16.4 Å². The van der Waals surface area contributed by atoms with Crippen LogP contribution in [0.5, 0.6) is 0 Å². The maximum absolute atomic E-state index is 13.2. The van der Waals surface area contributed by atoms with Crippen LogP contribution >= 0.6 is 11.6 Å². The molecule has 0 saturated carbocycles. The minimum atomic E-state index is -3.58. The Morgan fingerprint density at radius 3 is 2.18 bits per heavy atom. The molecule has 3 aromatic rings. The van der Waals surface area contributed by atoms with Gasteiger partial charge in [-0.25, -0.2) is 8.42 Å². The Labute approximate surface area is 170 Å². The van der Waals surface area contributed by atoms with Gasteiger partial charge in [0.25, 0.3) is 0 Å². The second-order valence-electron chi connectivity index (χ2n) is 6.90. The van der Waals surface area contributed by atoms with E-state index in [4.69, 9.17) is 11.6 Å². The van der Waals surface area contributed by atoms with Crippen LogP contribution in [0.15, 0.2) is 89.8 Å². The van der Waals surface area contributed by atoms with Crippen molar-refractivity contribution in [2.45, 2.75) is 23.9 Å². The van der Waals surface area contributed by atoms with Gasteiger partial charge >= 0.3 is 0 Å². The van der Waals surface area contributed by atoms with E-state index >= 15 is 0 Å². The van der Waals surface area contributed by atoms with Gasteiger partial charge in [0.15, 0.2) is 0 Å². The molecule has 1 heterocycles. The molecule has 1 aliphatic rings.